The number of nitrogens with two attached hydrogens (primary N) is 1. The van der Waals surface area contributed by atoms with E-state index in [-0.39, 0.29) is 5.92 Å². The maximum atomic E-state index is 12.9. The molecule has 0 aromatic rings. The highest BCUT2D eigenvalue weighted by atomic mass is 16.4. The molecule has 6 N–H and O–H groups in total. The largest absolute Gasteiger partial charge is 0.480 e. The lowest BCUT2D eigenvalue weighted by molar-refractivity contribution is -0.150. The molecule has 0 saturated carbocycles. The molecule has 10 nitrogen and oxygen atoms in total. The Balaban J connectivity index is 2.93. The van der Waals surface area contributed by atoms with E-state index >= 15 is 0 Å². The molecule has 1 aliphatic rings. The third kappa shape index (κ3) is 5.90. The van der Waals surface area contributed by atoms with Crippen molar-refractivity contribution >= 4 is 23.7 Å². The minimum absolute atomic E-state index is 0.264. The third-order valence-corrected chi connectivity index (χ3v) is 4.83. The van der Waals surface area contributed by atoms with Gasteiger partial charge in [0.1, 0.15) is 18.1 Å². The van der Waals surface area contributed by atoms with Gasteiger partial charge in [-0.25, -0.2) is 4.79 Å². The number of aliphatic carboxylic acids is 1. The molecule has 5 unspecified atom stereocenters. The van der Waals surface area contributed by atoms with E-state index in [1.807, 2.05) is 6.92 Å². The summed E-state index contributed by atoms with van der Waals surface area (Å²) in [6.07, 6.45) is 1.51. The zero-order valence-corrected chi connectivity index (χ0v) is 16.0. The number of rotatable bonds is 9. The molecule has 10 heteroatoms. The first kappa shape index (κ1) is 22.8. The van der Waals surface area contributed by atoms with Crippen molar-refractivity contribution in [2.45, 2.75) is 64.2 Å². The van der Waals surface area contributed by atoms with Crippen LogP contribution in [-0.2, 0) is 19.2 Å². The molecule has 0 aromatic heterocycles. The number of hydrogen-bond donors (Lipinski definition) is 5. The molecule has 0 radical (unpaired) electrons. The molecule has 5 atom stereocenters. The van der Waals surface area contributed by atoms with Gasteiger partial charge < -0.3 is 31.5 Å². The predicted molar refractivity (Wildman–Crippen MR) is 96.4 cm³/mol. The van der Waals surface area contributed by atoms with Crippen LogP contribution >= 0.6 is 0 Å². The third-order valence-electron chi connectivity index (χ3n) is 4.83. The fourth-order valence-corrected chi connectivity index (χ4v) is 2.90. The Morgan fingerprint density at radius 1 is 1.19 bits per heavy atom. The van der Waals surface area contributed by atoms with Gasteiger partial charge in [-0.05, 0) is 25.7 Å². The van der Waals surface area contributed by atoms with Crippen LogP contribution in [0.25, 0.3) is 0 Å². The van der Waals surface area contributed by atoms with E-state index in [0.29, 0.717) is 25.8 Å². The Hall–Kier alpha value is -2.20. The van der Waals surface area contributed by atoms with Crippen LogP contribution in [0.1, 0.15) is 40.0 Å². The Morgan fingerprint density at radius 2 is 1.81 bits per heavy atom. The van der Waals surface area contributed by atoms with E-state index in [2.05, 4.69) is 10.6 Å². The van der Waals surface area contributed by atoms with Gasteiger partial charge in [0.15, 0.2) is 0 Å². The number of nitrogens with one attached hydrogen (secondary N) is 2. The van der Waals surface area contributed by atoms with Crippen molar-refractivity contribution in [2.75, 3.05) is 13.2 Å². The first-order chi connectivity index (χ1) is 12.6. The molecule has 1 heterocycles. The van der Waals surface area contributed by atoms with Crippen molar-refractivity contribution in [2.24, 2.45) is 11.7 Å². The van der Waals surface area contributed by atoms with E-state index in [9.17, 15) is 29.4 Å². The summed E-state index contributed by atoms with van der Waals surface area (Å²) in [6, 6.07) is -3.98. The van der Waals surface area contributed by atoms with Crippen molar-refractivity contribution in [3.8, 4) is 0 Å². The van der Waals surface area contributed by atoms with Crippen LogP contribution in [0.3, 0.4) is 0 Å². The van der Waals surface area contributed by atoms with Gasteiger partial charge >= 0.3 is 5.97 Å². The molecule has 1 rings (SSSR count). The Kier molecular flexibility index (Phi) is 8.64. The van der Waals surface area contributed by atoms with Crippen molar-refractivity contribution < 1.29 is 29.4 Å². The van der Waals surface area contributed by atoms with Crippen LogP contribution in [0.4, 0.5) is 0 Å². The normalized spacial score (nSPS) is 21.1. The standard InChI is InChI=1S/C17H30N4O6/c1-4-9(2)13(16(25)21-7-5-6-12(21)17(26)27)20-15(24)11(8-22)19-14(23)10(3)18/h9-13,22H,4-8,18H2,1-3H3,(H,19,23)(H,20,24)(H,26,27). The molecular formula is C17H30N4O6. The lowest BCUT2D eigenvalue weighted by atomic mass is 9.97. The summed E-state index contributed by atoms with van der Waals surface area (Å²) >= 11 is 0. The summed E-state index contributed by atoms with van der Waals surface area (Å²) in [7, 11) is 0. The van der Waals surface area contributed by atoms with Gasteiger partial charge in [-0.1, -0.05) is 20.3 Å². The molecule has 27 heavy (non-hydrogen) atoms. The van der Waals surface area contributed by atoms with Gasteiger partial charge in [-0.3, -0.25) is 14.4 Å². The Labute approximate surface area is 158 Å². The fourth-order valence-electron chi connectivity index (χ4n) is 2.90. The number of nitrogens with zero attached hydrogens (tertiary/aromatic N) is 1. The topological polar surface area (TPSA) is 162 Å². The van der Waals surface area contributed by atoms with Gasteiger partial charge in [0.25, 0.3) is 0 Å². The van der Waals surface area contributed by atoms with Crippen LogP contribution in [0.5, 0.6) is 0 Å². The average Bonchev–Trinajstić information content (AvgIpc) is 3.12. The highest BCUT2D eigenvalue weighted by Crippen LogP contribution is 2.21. The number of likely N-dealkylation sites (tertiary alicyclic amines) is 1. The Bertz CT molecular complexity index is 568. The first-order valence-electron chi connectivity index (χ1n) is 9.14. The van der Waals surface area contributed by atoms with Gasteiger partial charge in [-0.2, -0.15) is 0 Å². The van der Waals surface area contributed by atoms with E-state index in [4.69, 9.17) is 5.73 Å². The molecular weight excluding hydrogens is 356 g/mol. The Morgan fingerprint density at radius 3 is 2.30 bits per heavy atom. The minimum Gasteiger partial charge on any atom is -0.480 e. The highest BCUT2D eigenvalue weighted by molar-refractivity contribution is 5.94. The van der Waals surface area contributed by atoms with E-state index < -0.39 is 54.5 Å². The molecule has 1 saturated heterocycles. The summed E-state index contributed by atoms with van der Waals surface area (Å²) in [4.78, 5) is 49.7. The molecule has 3 amide bonds. The average molecular weight is 386 g/mol. The number of carboxylic acid groups (broad SMARTS) is 1. The van der Waals surface area contributed by atoms with E-state index in [1.54, 1.807) is 6.92 Å². The highest BCUT2D eigenvalue weighted by Gasteiger charge is 2.39. The molecule has 154 valence electrons. The van der Waals surface area contributed by atoms with Crippen LogP contribution < -0.4 is 16.4 Å². The lowest BCUT2D eigenvalue weighted by Gasteiger charge is -2.31. The maximum absolute atomic E-state index is 12.9. The first-order valence-corrected chi connectivity index (χ1v) is 9.14. The summed E-state index contributed by atoms with van der Waals surface area (Å²) in [6.45, 7) is 4.70. The van der Waals surface area contributed by atoms with Crippen LogP contribution in [0, 0.1) is 5.92 Å². The van der Waals surface area contributed by atoms with Crippen LogP contribution in [0.15, 0.2) is 0 Å². The minimum atomic E-state index is -1.25. The number of carbonyl (C=O) groups excluding carboxylic acids is 3. The number of aliphatic hydroxyl groups is 1. The zero-order chi connectivity index (χ0) is 20.7. The second kappa shape index (κ2) is 10.2. The lowest BCUT2D eigenvalue weighted by Crippen LogP contribution is -2.59. The zero-order valence-electron chi connectivity index (χ0n) is 16.0. The second-order valence-electron chi connectivity index (χ2n) is 6.93. The number of carboxylic acids is 1. The molecule has 0 spiro atoms. The molecule has 0 aliphatic carbocycles. The summed E-state index contributed by atoms with van der Waals surface area (Å²) in [5.74, 6) is -3.15. The number of amides is 3. The van der Waals surface area contributed by atoms with Gasteiger partial charge in [0.05, 0.1) is 12.6 Å². The van der Waals surface area contributed by atoms with Crippen LogP contribution in [-0.4, -0.2) is 76.1 Å². The monoisotopic (exact) mass is 386 g/mol. The van der Waals surface area contributed by atoms with Gasteiger partial charge in [-0.15, -0.1) is 0 Å². The SMILES string of the molecule is CCC(C)C(NC(=O)C(CO)NC(=O)C(C)N)C(=O)N1CCCC1C(=O)O. The maximum Gasteiger partial charge on any atom is 0.326 e. The van der Waals surface area contributed by atoms with Crippen LogP contribution in [0.2, 0.25) is 0 Å². The molecule has 0 aromatic carbocycles. The molecule has 1 fully saturated rings. The van der Waals surface area contributed by atoms with Crippen molar-refractivity contribution in [3.63, 3.8) is 0 Å². The van der Waals surface area contributed by atoms with Gasteiger partial charge in [0.2, 0.25) is 17.7 Å². The second-order valence-corrected chi connectivity index (χ2v) is 6.93. The molecule has 1 aliphatic heterocycles. The predicted octanol–water partition coefficient (Wildman–Crippen LogP) is -1.58. The van der Waals surface area contributed by atoms with Gasteiger partial charge in [0, 0.05) is 6.54 Å². The van der Waals surface area contributed by atoms with Crippen molar-refractivity contribution in [1.82, 2.24) is 15.5 Å². The van der Waals surface area contributed by atoms with Crippen molar-refractivity contribution in [1.29, 1.82) is 0 Å². The number of aliphatic hydroxyl groups excluding tert-OH is 1. The smallest absolute Gasteiger partial charge is 0.326 e. The van der Waals surface area contributed by atoms with E-state index in [0.717, 1.165) is 0 Å². The molecule has 0 bridgehead atoms. The number of hydrogen-bond acceptors (Lipinski definition) is 6. The van der Waals surface area contributed by atoms with E-state index in [1.165, 1.54) is 11.8 Å². The van der Waals surface area contributed by atoms with Crippen molar-refractivity contribution in [3.05, 3.63) is 0 Å². The number of carbonyl (C=O) groups is 4. The fraction of sp³-hybridized carbons (Fsp3) is 0.765. The summed E-state index contributed by atoms with van der Waals surface area (Å²) in [5.41, 5.74) is 5.44. The summed E-state index contributed by atoms with van der Waals surface area (Å²) < 4.78 is 0. The summed E-state index contributed by atoms with van der Waals surface area (Å²) in [5, 5.41) is 23.6. The quantitative estimate of drug-likeness (QED) is 0.319.